The number of carbonyl (C=O) groups is 1. The van der Waals surface area contributed by atoms with Crippen molar-refractivity contribution in [1.82, 2.24) is 9.88 Å². The lowest BCUT2D eigenvalue weighted by molar-refractivity contribution is -0.129. The molecule has 0 atom stereocenters. The van der Waals surface area contributed by atoms with Gasteiger partial charge in [0, 0.05) is 29.0 Å². The van der Waals surface area contributed by atoms with E-state index in [1.165, 1.54) is 0 Å². The maximum absolute atomic E-state index is 12.5. The van der Waals surface area contributed by atoms with Gasteiger partial charge in [-0.1, -0.05) is 40.2 Å². The highest BCUT2D eigenvalue weighted by molar-refractivity contribution is 9.10. The van der Waals surface area contributed by atoms with E-state index >= 15 is 0 Å². The predicted molar refractivity (Wildman–Crippen MR) is 108 cm³/mol. The van der Waals surface area contributed by atoms with E-state index in [2.05, 4.69) is 20.9 Å². The molecular formula is C20H19BrN2O2S. The first-order chi connectivity index (χ1) is 12.5. The van der Waals surface area contributed by atoms with Crippen LogP contribution in [0.15, 0.2) is 58.4 Å². The number of halogens is 1. The maximum atomic E-state index is 12.5. The molecule has 4 nitrogen and oxygen atoms in total. The Bertz CT molecular complexity index is 893. The van der Waals surface area contributed by atoms with Gasteiger partial charge in [0.05, 0.1) is 19.2 Å². The van der Waals surface area contributed by atoms with Gasteiger partial charge < -0.3 is 9.64 Å². The highest BCUT2D eigenvalue weighted by atomic mass is 79.9. The molecule has 1 heterocycles. The number of thiazole rings is 1. The average molecular weight is 431 g/mol. The summed E-state index contributed by atoms with van der Waals surface area (Å²) in [6.07, 6.45) is 0.303. The molecular weight excluding hydrogens is 412 g/mol. The Balaban J connectivity index is 1.62. The van der Waals surface area contributed by atoms with Crippen LogP contribution in [0.5, 0.6) is 5.75 Å². The van der Waals surface area contributed by atoms with Crippen LogP contribution >= 0.6 is 27.3 Å². The number of nitrogens with zero attached hydrogens (tertiary/aromatic N) is 2. The topological polar surface area (TPSA) is 42.4 Å². The maximum Gasteiger partial charge on any atom is 0.228 e. The van der Waals surface area contributed by atoms with Gasteiger partial charge in [-0.15, -0.1) is 11.3 Å². The van der Waals surface area contributed by atoms with E-state index in [1.54, 1.807) is 23.3 Å². The summed E-state index contributed by atoms with van der Waals surface area (Å²) in [6.45, 7) is 0.561. The quantitative estimate of drug-likeness (QED) is 0.564. The van der Waals surface area contributed by atoms with Crippen LogP contribution in [0.2, 0.25) is 0 Å². The first-order valence-electron chi connectivity index (χ1n) is 8.12. The van der Waals surface area contributed by atoms with Gasteiger partial charge in [0.25, 0.3) is 0 Å². The zero-order chi connectivity index (χ0) is 18.5. The summed E-state index contributed by atoms with van der Waals surface area (Å²) in [5.41, 5.74) is 2.92. The monoisotopic (exact) mass is 430 g/mol. The van der Waals surface area contributed by atoms with E-state index in [0.717, 1.165) is 32.1 Å². The van der Waals surface area contributed by atoms with Crippen molar-refractivity contribution in [1.29, 1.82) is 0 Å². The number of amides is 1. The van der Waals surface area contributed by atoms with Gasteiger partial charge >= 0.3 is 0 Å². The zero-order valence-corrected chi connectivity index (χ0v) is 17.0. The number of hydrogen-bond donors (Lipinski definition) is 0. The number of rotatable bonds is 6. The number of hydrogen-bond acceptors (Lipinski definition) is 4. The second-order valence-corrected chi connectivity index (χ2v) is 7.70. The molecule has 1 amide bonds. The fourth-order valence-electron chi connectivity index (χ4n) is 2.53. The Hall–Kier alpha value is -2.18. The number of carbonyl (C=O) groups excluding carboxylic acids is 1. The van der Waals surface area contributed by atoms with Crippen LogP contribution in [-0.2, 0) is 17.8 Å². The number of likely N-dealkylation sites (N-methyl/N-ethyl adjacent to an activating group) is 1. The van der Waals surface area contributed by atoms with Crippen LogP contribution in [-0.4, -0.2) is 29.9 Å². The number of aromatic nitrogens is 1. The first-order valence-corrected chi connectivity index (χ1v) is 9.79. The van der Waals surface area contributed by atoms with Crippen molar-refractivity contribution in [2.24, 2.45) is 0 Å². The lowest BCUT2D eigenvalue weighted by Gasteiger charge is -2.17. The summed E-state index contributed by atoms with van der Waals surface area (Å²) in [5.74, 6) is 0.859. The molecule has 0 radical (unpaired) electrons. The Morgan fingerprint density at radius 1 is 1.23 bits per heavy atom. The van der Waals surface area contributed by atoms with Crippen LogP contribution in [0.3, 0.4) is 0 Å². The Morgan fingerprint density at radius 3 is 2.69 bits per heavy atom. The summed E-state index contributed by atoms with van der Waals surface area (Å²) >= 11 is 5.03. The average Bonchev–Trinajstić information content (AvgIpc) is 3.11. The highest BCUT2D eigenvalue weighted by Crippen LogP contribution is 2.26. The van der Waals surface area contributed by atoms with Crippen LogP contribution in [0.25, 0.3) is 10.6 Å². The summed E-state index contributed by atoms with van der Waals surface area (Å²) in [6, 6.07) is 15.7. The van der Waals surface area contributed by atoms with Crippen LogP contribution < -0.4 is 4.74 Å². The molecule has 0 aliphatic heterocycles. The van der Waals surface area contributed by atoms with Crippen molar-refractivity contribution in [2.45, 2.75) is 13.0 Å². The van der Waals surface area contributed by atoms with Crippen molar-refractivity contribution < 1.29 is 9.53 Å². The van der Waals surface area contributed by atoms with Crippen molar-refractivity contribution in [3.8, 4) is 16.3 Å². The summed E-state index contributed by atoms with van der Waals surface area (Å²) in [7, 11) is 3.45. The molecule has 6 heteroatoms. The molecule has 3 rings (SSSR count). The van der Waals surface area contributed by atoms with Crippen molar-refractivity contribution in [2.75, 3.05) is 14.2 Å². The predicted octanol–water partition coefficient (Wildman–Crippen LogP) is 4.78. The van der Waals surface area contributed by atoms with E-state index in [0.29, 0.717) is 13.0 Å². The molecule has 0 unspecified atom stereocenters. The second-order valence-electron chi connectivity index (χ2n) is 5.93. The van der Waals surface area contributed by atoms with Gasteiger partial charge in [-0.3, -0.25) is 4.79 Å². The molecule has 0 N–H and O–H groups in total. The molecule has 0 fully saturated rings. The first kappa shape index (κ1) is 18.6. The standard InChI is InChI=1S/C20H19BrN2O2S/c1-23(12-14-6-8-18(25-2)9-7-14)19(24)11-17-13-26-20(22-17)15-4-3-5-16(21)10-15/h3-10,13H,11-12H2,1-2H3. The van der Waals surface area contributed by atoms with Crippen LogP contribution in [0.4, 0.5) is 0 Å². The summed E-state index contributed by atoms with van der Waals surface area (Å²) in [4.78, 5) is 18.8. The minimum Gasteiger partial charge on any atom is -0.497 e. The minimum atomic E-state index is 0.0481. The fourth-order valence-corrected chi connectivity index (χ4v) is 3.74. The van der Waals surface area contributed by atoms with E-state index in [1.807, 2.05) is 61.0 Å². The Kier molecular flexibility index (Phi) is 6.06. The zero-order valence-electron chi connectivity index (χ0n) is 14.6. The van der Waals surface area contributed by atoms with Gasteiger partial charge in [0.1, 0.15) is 10.8 Å². The van der Waals surface area contributed by atoms with Crippen molar-refractivity contribution in [3.05, 3.63) is 69.6 Å². The third-order valence-electron chi connectivity index (χ3n) is 3.96. The molecule has 134 valence electrons. The van der Waals surface area contributed by atoms with Crippen molar-refractivity contribution in [3.63, 3.8) is 0 Å². The molecule has 0 spiro atoms. The molecule has 2 aromatic carbocycles. The van der Waals surface area contributed by atoms with Gasteiger partial charge in [0.2, 0.25) is 5.91 Å². The second kappa shape index (κ2) is 8.47. The Labute approximate surface area is 165 Å². The molecule has 0 aliphatic carbocycles. The molecule has 3 aromatic rings. The van der Waals surface area contributed by atoms with Crippen LogP contribution in [0.1, 0.15) is 11.3 Å². The third kappa shape index (κ3) is 4.71. The molecule has 26 heavy (non-hydrogen) atoms. The van der Waals surface area contributed by atoms with Crippen molar-refractivity contribution >= 4 is 33.2 Å². The molecule has 0 aliphatic rings. The third-order valence-corrected chi connectivity index (χ3v) is 5.39. The van der Waals surface area contributed by atoms with Gasteiger partial charge in [-0.25, -0.2) is 4.98 Å². The van der Waals surface area contributed by atoms with E-state index in [-0.39, 0.29) is 5.91 Å². The lowest BCUT2D eigenvalue weighted by Crippen LogP contribution is -2.27. The van der Waals surface area contributed by atoms with Crippen LogP contribution in [0, 0.1) is 0 Å². The van der Waals surface area contributed by atoms with Gasteiger partial charge in [-0.2, -0.15) is 0 Å². The van der Waals surface area contributed by atoms with Gasteiger partial charge in [-0.05, 0) is 29.8 Å². The molecule has 0 saturated heterocycles. The lowest BCUT2D eigenvalue weighted by atomic mass is 10.2. The minimum absolute atomic E-state index is 0.0481. The summed E-state index contributed by atoms with van der Waals surface area (Å²) in [5, 5.41) is 2.88. The van der Waals surface area contributed by atoms with E-state index in [4.69, 9.17) is 4.74 Å². The Morgan fingerprint density at radius 2 is 2.00 bits per heavy atom. The normalized spacial score (nSPS) is 10.6. The fraction of sp³-hybridized carbons (Fsp3) is 0.200. The van der Waals surface area contributed by atoms with E-state index < -0.39 is 0 Å². The largest absolute Gasteiger partial charge is 0.497 e. The number of ether oxygens (including phenoxy) is 1. The highest BCUT2D eigenvalue weighted by Gasteiger charge is 2.13. The number of methoxy groups -OCH3 is 1. The summed E-state index contributed by atoms with van der Waals surface area (Å²) < 4.78 is 6.17. The number of benzene rings is 2. The van der Waals surface area contributed by atoms with Gasteiger partial charge in [0.15, 0.2) is 0 Å². The molecule has 0 saturated carbocycles. The smallest absolute Gasteiger partial charge is 0.228 e. The van der Waals surface area contributed by atoms with E-state index in [9.17, 15) is 4.79 Å². The molecule has 1 aromatic heterocycles. The SMILES string of the molecule is COc1ccc(CN(C)C(=O)Cc2csc(-c3cccc(Br)c3)n2)cc1. The molecule has 0 bridgehead atoms.